The summed E-state index contributed by atoms with van der Waals surface area (Å²) >= 11 is 0. The predicted molar refractivity (Wildman–Crippen MR) is 29.8 cm³/mol. The van der Waals surface area contributed by atoms with Gasteiger partial charge < -0.3 is 9.59 Å². The van der Waals surface area contributed by atoms with Crippen LogP contribution in [0.5, 0.6) is 0 Å². The van der Waals surface area contributed by atoms with Crippen LogP contribution >= 0.6 is 13.5 Å². The first kappa shape index (κ1) is 15.7. The Bertz CT molecular complexity index is 33.8. The Balaban J connectivity index is -0.0000000450. The van der Waals surface area contributed by atoms with E-state index in [0.29, 0.717) is 0 Å². The number of hydrogen-bond acceptors (Lipinski definition) is 1. The van der Waals surface area contributed by atoms with Crippen LogP contribution in [0.15, 0.2) is 0 Å². The Hall–Kier alpha value is 1.23. The average Bonchev–Trinajstić information content (AvgIpc) is 0.811. The zero-order chi connectivity index (χ0) is 3.58. The van der Waals surface area contributed by atoms with E-state index in [4.69, 9.17) is 14.1 Å². The fraction of sp³-hybridized carbons (Fsp3) is 0. The van der Waals surface area contributed by atoms with Crippen molar-refractivity contribution in [3.63, 3.8) is 0 Å². The van der Waals surface area contributed by atoms with Crippen molar-refractivity contribution >= 4 is 60.4 Å². The molecule has 0 aliphatic heterocycles. The van der Waals surface area contributed by atoms with Gasteiger partial charge in [0.2, 0.25) is 0 Å². The molecule has 0 aliphatic carbocycles. The summed E-state index contributed by atoms with van der Waals surface area (Å²) in [4.78, 5) is 14.3. The summed E-state index contributed by atoms with van der Waals surface area (Å²) in [6.45, 7) is 0. The van der Waals surface area contributed by atoms with Gasteiger partial charge >= 0.3 is 46.9 Å². The summed E-state index contributed by atoms with van der Waals surface area (Å²) in [6.07, 6.45) is 0. The first-order valence-corrected chi connectivity index (χ1v) is 1.95. The molecule has 0 saturated carbocycles. The number of rotatable bonds is 0. The molecule has 0 heterocycles. The molecule has 0 atom stereocenters. The molecule has 0 aromatic rings. The van der Waals surface area contributed by atoms with Crippen LogP contribution in [0.2, 0.25) is 0 Å². The predicted octanol–water partition coefficient (Wildman–Crippen LogP) is -2.42. The van der Waals surface area contributed by atoms with Gasteiger partial charge in [0.05, 0.1) is 0 Å². The third kappa shape index (κ3) is 62.1. The van der Waals surface area contributed by atoms with E-state index in [0.717, 1.165) is 0 Å². The fourth-order valence-corrected chi connectivity index (χ4v) is 0. The maximum atomic E-state index is 8.74. The Morgan fingerprint density at radius 1 is 1.33 bits per heavy atom. The summed E-state index contributed by atoms with van der Waals surface area (Å²) in [5.41, 5.74) is 0. The van der Waals surface area contributed by atoms with Gasteiger partial charge in [0, 0.05) is 0 Å². The van der Waals surface area contributed by atoms with Crippen molar-refractivity contribution in [3.05, 3.63) is 0 Å². The third-order valence-electron chi connectivity index (χ3n) is 0. The second kappa shape index (κ2) is 9.52. The topological polar surface area (TPSA) is 57.5 Å². The molecular formula is H6CaO3SSi. The normalized spacial score (nSPS) is 4.00. The van der Waals surface area contributed by atoms with E-state index < -0.39 is 9.17 Å². The summed E-state index contributed by atoms with van der Waals surface area (Å²) in [7, 11) is -3.13. The maximum absolute atomic E-state index is 8.74. The van der Waals surface area contributed by atoms with E-state index in [1.807, 2.05) is 0 Å². The molecule has 0 rings (SSSR count). The first-order valence-electron chi connectivity index (χ1n) is 0.651. The quantitative estimate of drug-likeness (QED) is 0.382. The van der Waals surface area contributed by atoms with Crippen molar-refractivity contribution in [2.45, 2.75) is 0 Å². The van der Waals surface area contributed by atoms with Gasteiger partial charge in [-0.05, 0) is 0 Å². The van der Waals surface area contributed by atoms with Crippen LogP contribution in [0.4, 0.5) is 0 Å². The Morgan fingerprint density at radius 2 is 1.33 bits per heavy atom. The van der Waals surface area contributed by atoms with E-state index in [2.05, 4.69) is 0 Å². The molecule has 6 heavy (non-hydrogen) atoms. The fourth-order valence-electron chi connectivity index (χ4n) is 0. The van der Waals surface area contributed by atoms with Crippen molar-refractivity contribution in [1.29, 1.82) is 0 Å². The van der Waals surface area contributed by atoms with E-state index >= 15 is 0 Å². The second-order valence-electron chi connectivity index (χ2n) is 0.283. The van der Waals surface area contributed by atoms with E-state index in [1.165, 1.54) is 0 Å². The molecule has 0 spiro atoms. The minimum atomic E-state index is -3.13. The van der Waals surface area contributed by atoms with Crippen LogP contribution in [0.25, 0.3) is 0 Å². The van der Waals surface area contributed by atoms with Crippen molar-refractivity contribution in [2.75, 3.05) is 0 Å². The van der Waals surface area contributed by atoms with Crippen LogP contribution in [0.3, 0.4) is 0 Å². The molecular weight excluding hydrogens is 148 g/mol. The summed E-state index contributed by atoms with van der Waals surface area (Å²) in [5.74, 6) is 0. The van der Waals surface area contributed by atoms with E-state index in [1.54, 1.807) is 0 Å². The van der Waals surface area contributed by atoms with Crippen molar-refractivity contribution in [2.24, 2.45) is 0 Å². The first-order chi connectivity index (χ1) is 1.73. The van der Waals surface area contributed by atoms with Gasteiger partial charge in [-0.15, -0.1) is 0 Å². The van der Waals surface area contributed by atoms with Gasteiger partial charge in [-0.1, -0.05) is 0 Å². The molecule has 0 unspecified atom stereocenters. The SMILES string of the molecule is O=[Si](O)O.S.[CaH2]. The Kier molecular flexibility index (Phi) is 24.9. The van der Waals surface area contributed by atoms with Crippen LogP contribution < -0.4 is 0 Å². The Labute approximate surface area is 73.7 Å². The molecule has 0 bridgehead atoms. The van der Waals surface area contributed by atoms with Gasteiger partial charge in [0.1, 0.15) is 0 Å². The molecule has 0 aliphatic rings. The monoisotopic (exact) mass is 154 g/mol. The molecule has 0 fully saturated rings. The molecule has 6 heteroatoms. The molecule has 2 N–H and O–H groups in total. The zero-order valence-corrected chi connectivity index (χ0v) is 4.30. The summed E-state index contributed by atoms with van der Waals surface area (Å²) in [5, 5.41) is 0. The minimum absolute atomic E-state index is 0. The molecule has 0 amide bonds. The third-order valence-corrected chi connectivity index (χ3v) is 0. The molecule has 0 saturated heterocycles. The van der Waals surface area contributed by atoms with Gasteiger partial charge in [0.25, 0.3) is 0 Å². The van der Waals surface area contributed by atoms with Crippen LogP contribution in [-0.2, 0) is 4.46 Å². The van der Waals surface area contributed by atoms with Gasteiger partial charge in [-0.3, -0.25) is 4.46 Å². The Morgan fingerprint density at radius 3 is 1.33 bits per heavy atom. The van der Waals surface area contributed by atoms with Gasteiger partial charge in [-0.25, -0.2) is 0 Å². The standard InChI is InChI=1S/Ca.H2O3Si.H2S.2H/c;1-4(2)3;;;/h;1-2H;1H2;;. The van der Waals surface area contributed by atoms with Crippen LogP contribution in [0.1, 0.15) is 0 Å². The molecule has 0 aromatic heterocycles. The van der Waals surface area contributed by atoms with Crippen LogP contribution in [0, 0.1) is 0 Å². The van der Waals surface area contributed by atoms with Crippen molar-refractivity contribution in [1.82, 2.24) is 0 Å². The molecule has 36 valence electrons. The van der Waals surface area contributed by atoms with Crippen molar-refractivity contribution < 1.29 is 14.1 Å². The summed E-state index contributed by atoms with van der Waals surface area (Å²) in [6, 6.07) is 0. The van der Waals surface area contributed by atoms with E-state index in [9.17, 15) is 0 Å². The number of hydrogen-bond donors (Lipinski definition) is 2. The molecule has 0 radical (unpaired) electrons. The van der Waals surface area contributed by atoms with Crippen molar-refractivity contribution in [3.8, 4) is 0 Å². The summed E-state index contributed by atoms with van der Waals surface area (Å²) < 4.78 is 8.74. The van der Waals surface area contributed by atoms with Gasteiger partial charge in [0.15, 0.2) is 0 Å². The average molecular weight is 154 g/mol. The van der Waals surface area contributed by atoms with Gasteiger partial charge in [-0.2, -0.15) is 13.5 Å². The van der Waals surface area contributed by atoms with E-state index in [-0.39, 0.29) is 51.2 Å². The molecule has 0 aromatic carbocycles. The molecule has 3 nitrogen and oxygen atoms in total. The van der Waals surface area contributed by atoms with Crippen LogP contribution in [-0.4, -0.2) is 56.5 Å². The second-order valence-corrected chi connectivity index (χ2v) is 0.848. The zero-order valence-electron chi connectivity index (χ0n) is 2.30.